The maximum absolute atomic E-state index is 16.2. The fourth-order valence-electron chi connectivity index (χ4n) is 16.5. The van der Waals surface area contributed by atoms with Gasteiger partial charge < -0.3 is 74.4 Å². The second-order valence-electron chi connectivity index (χ2n) is 27.6. The highest BCUT2D eigenvalue weighted by Gasteiger charge is 2.75. The molecule has 7 aliphatic rings. The molecule has 0 aromatic rings. The average Bonchev–Trinajstić information content (AvgIpc) is 2.67. The molecule has 82 heavy (non-hydrogen) atoms. The van der Waals surface area contributed by atoms with Crippen LogP contribution in [-0.2, 0) is 42.8 Å². The van der Waals surface area contributed by atoms with E-state index in [4.69, 9.17) is 40.0 Å². The highest BCUT2D eigenvalue weighted by Crippen LogP contribution is 2.71. The van der Waals surface area contributed by atoms with Gasteiger partial charge in [0.1, 0.15) is 35.8 Å². The first-order valence-corrected chi connectivity index (χ1v) is 30.5. The Hall–Kier alpha value is -2.25. The number of ketones is 1. The molecule has 3 saturated heterocycles. The van der Waals surface area contributed by atoms with Gasteiger partial charge in [-0.15, -0.1) is 11.6 Å². The molecule has 470 valence electrons. The van der Waals surface area contributed by atoms with Gasteiger partial charge >= 0.3 is 5.97 Å². The lowest BCUT2D eigenvalue weighted by Gasteiger charge is -2.63. The Kier molecular flexibility index (Phi) is 20.3. The molecule has 0 spiro atoms. The van der Waals surface area contributed by atoms with Crippen LogP contribution in [0.3, 0.4) is 0 Å². The van der Waals surface area contributed by atoms with Crippen molar-refractivity contribution in [1.29, 1.82) is 0 Å². The molecule has 3 heterocycles. The van der Waals surface area contributed by atoms with Crippen molar-refractivity contribution in [2.45, 2.75) is 255 Å². The lowest BCUT2D eigenvalue weighted by Crippen LogP contribution is -2.69. The number of methoxy groups -OCH3 is 1. The standard InChI is InChI=1S/C61H101ClFN3O16/c1-17-45-59(13,75)49(70)36(7)66(22-18-21-64-54(73)61(76)32(3)23-39-40-26-42(63)41-25-38(67)19-20-55(41,9)60(40,62)44(68)28-56(39,61)10)30-31(2)27-57(11,74)51(82-53-47(69)43(65(14)15)24-33(4)78-53)34(5)48(35(6)52(72)80-45)81-46-29-58(12,77-16)50(71)37(8)79-46/h19-20,31-37,39-40,43-51,53,68-71,74-76H,17-18,21-30H2,1-16H3,(H,64,73)/t31-,32-,33-,34+,35-,36-,37?,39?,40?,43?,44+,45-,46-,47-,48?,49-,50-,51?,53+,55+,56+,57-,58+,59-,60+,61+/m1/s1. The van der Waals surface area contributed by atoms with Crippen LogP contribution in [0.25, 0.3) is 0 Å². The van der Waals surface area contributed by atoms with E-state index < -0.39 is 153 Å². The summed E-state index contributed by atoms with van der Waals surface area (Å²) in [7, 11) is 5.19. The Balaban J connectivity index is 1.17. The number of halogens is 2. The number of aliphatic hydroxyl groups is 7. The minimum Gasteiger partial charge on any atom is -0.459 e. The van der Waals surface area contributed by atoms with Crippen LogP contribution in [-0.4, -0.2) is 211 Å². The number of amides is 1. The monoisotopic (exact) mass is 1190 g/mol. The van der Waals surface area contributed by atoms with Crippen molar-refractivity contribution in [2.75, 3.05) is 40.8 Å². The van der Waals surface area contributed by atoms with Crippen LogP contribution in [0.2, 0.25) is 0 Å². The Bertz CT molecular complexity index is 2360. The Morgan fingerprint density at radius 3 is 2.20 bits per heavy atom. The lowest BCUT2D eigenvalue weighted by atomic mass is 9.46. The number of esters is 1. The summed E-state index contributed by atoms with van der Waals surface area (Å²) >= 11 is 7.58. The van der Waals surface area contributed by atoms with E-state index in [2.05, 4.69) is 5.32 Å². The van der Waals surface area contributed by atoms with Crippen LogP contribution in [0.15, 0.2) is 23.6 Å². The van der Waals surface area contributed by atoms with Gasteiger partial charge in [-0.1, -0.05) is 47.6 Å². The van der Waals surface area contributed by atoms with E-state index in [1.807, 2.05) is 37.7 Å². The van der Waals surface area contributed by atoms with Crippen LogP contribution in [0.5, 0.6) is 0 Å². The summed E-state index contributed by atoms with van der Waals surface area (Å²) in [6.07, 6.45) is -7.85. The van der Waals surface area contributed by atoms with Gasteiger partial charge in [0.2, 0.25) is 0 Å². The average molecular weight is 1190 g/mol. The van der Waals surface area contributed by atoms with Crippen molar-refractivity contribution in [2.24, 2.45) is 46.3 Å². The summed E-state index contributed by atoms with van der Waals surface area (Å²) < 4.78 is 54.5. The van der Waals surface area contributed by atoms with E-state index in [0.717, 1.165) is 0 Å². The van der Waals surface area contributed by atoms with Gasteiger partial charge in [-0.3, -0.25) is 19.3 Å². The number of likely N-dealkylation sites (N-methyl/N-ethyl adjacent to an activating group) is 1. The number of nitrogens with one attached hydrogen (secondary N) is 1. The minimum atomic E-state index is -2.02. The number of allylic oxidation sites excluding steroid dienone is 4. The maximum atomic E-state index is 16.2. The van der Waals surface area contributed by atoms with E-state index in [-0.39, 0.29) is 94.0 Å². The van der Waals surface area contributed by atoms with Crippen molar-refractivity contribution >= 4 is 29.3 Å². The SMILES string of the molecule is CC[C@H]1OC(=O)[C@H](C)C(O[C@@H]2C[C@](C)(OC)[C@H](O)C(C)O2)[C@H](C)C(O[C@@H]2O[C@H](C)CC(N(C)C)[C@H]2O)[C@](C)(O)C[C@@H](C)CN(CCCNC(=O)[C@@]2(O)[C@H](C)CC3C4CC(F)=C5CC(=O)C=C[C@]5(C)[C@@]4(Cl)[C@@H](O)C[C@@]32C)[C@H](C)[C@@H](O)[C@]1(C)O. The molecule has 4 aliphatic carbocycles. The highest BCUT2D eigenvalue weighted by molar-refractivity contribution is 6.26. The van der Waals surface area contributed by atoms with Crippen molar-refractivity contribution < 1.29 is 82.9 Å². The number of aliphatic hydroxyl groups excluding tert-OH is 4. The van der Waals surface area contributed by atoms with Crippen molar-refractivity contribution in [3.05, 3.63) is 23.6 Å². The van der Waals surface area contributed by atoms with Crippen LogP contribution in [0, 0.1) is 46.3 Å². The molecule has 21 heteroatoms. The first-order chi connectivity index (χ1) is 37.9. The van der Waals surface area contributed by atoms with E-state index >= 15 is 4.39 Å². The number of hydrogen-bond acceptors (Lipinski definition) is 18. The van der Waals surface area contributed by atoms with Gasteiger partial charge in [-0.2, -0.15) is 0 Å². The molecule has 1 amide bonds. The van der Waals surface area contributed by atoms with Gasteiger partial charge in [0.15, 0.2) is 24.0 Å². The first kappa shape index (κ1) is 67.3. The Labute approximate surface area is 490 Å². The summed E-state index contributed by atoms with van der Waals surface area (Å²) in [5.41, 5.74) is -9.00. The predicted octanol–water partition coefficient (Wildman–Crippen LogP) is 4.69. The molecule has 19 nitrogen and oxygen atoms in total. The molecule has 0 aromatic heterocycles. The van der Waals surface area contributed by atoms with Crippen molar-refractivity contribution in [3.63, 3.8) is 0 Å². The summed E-state index contributed by atoms with van der Waals surface area (Å²) in [6.45, 7) is 23.0. The van der Waals surface area contributed by atoms with Crippen LogP contribution in [0.1, 0.15) is 148 Å². The number of carbonyl (C=O) groups is 3. The minimum absolute atomic E-state index is 0.0502. The van der Waals surface area contributed by atoms with Crippen molar-refractivity contribution in [1.82, 2.24) is 15.1 Å². The number of rotatable bonds is 12. The van der Waals surface area contributed by atoms with E-state index in [1.165, 1.54) is 20.1 Å². The van der Waals surface area contributed by atoms with Gasteiger partial charge in [0.25, 0.3) is 5.91 Å². The number of alkyl halides is 1. The fourth-order valence-corrected chi connectivity index (χ4v) is 17.0. The number of carbonyl (C=O) groups excluding carboxylic acids is 3. The van der Waals surface area contributed by atoms with Gasteiger partial charge in [0, 0.05) is 74.8 Å². The topological polar surface area (TPSA) is 267 Å². The normalized spacial score (nSPS) is 50.0. The van der Waals surface area contributed by atoms with Gasteiger partial charge in [0.05, 0.1) is 52.5 Å². The largest absolute Gasteiger partial charge is 0.459 e. The van der Waals surface area contributed by atoms with E-state index in [0.29, 0.717) is 12.8 Å². The molecule has 0 aromatic carbocycles. The fraction of sp³-hybridized carbons (Fsp3) is 0.885. The molecular weight excluding hydrogens is 1090 g/mol. The number of hydrogen-bond donors (Lipinski definition) is 8. The third-order valence-electron chi connectivity index (χ3n) is 21.5. The maximum Gasteiger partial charge on any atom is 0.311 e. The van der Waals surface area contributed by atoms with Crippen molar-refractivity contribution in [3.8, 4) is 0 Å². The third kappa shape index (κ3) is 11.8. The summed E-state index contributed by atoms with van der Waals surface area (Å²) in [4.78, 5) is 44.3. The number of fused-ring (bicyclic) bond motifs is 5. The van der Waals surface area contributed by atoms with E-state index in [9.17, 15) is 50.1 Å². The zero-order valence-electron chi connectivity index (χ0n) is 51.6. The number of ether oxygens (including phenoxy) is 6. The highest BCUT2D eigenvalue weighted by atomic mass is 35.5. The Morgan fingerprint density at radius 2 is 1.57 bits per heavy atom. The molecule has 0 radical (unpaired) electrons. The molecule has 2 saturated carbocycles. The second-order valence-corrected chi connectivity index (χ2v) is 28.2. The first-order valence-electron chi connectivity index (χ1n) is 30.2. The second kappa shape index (κ2) is 24.7. The molecular formula is C61H101ClFN3O16. The smallest absolute Gasteiger partial charge is 0.311 e. The number of cyclic esters (lactones) is 1. The van der Waals surface area contributed by atoms with Crippen LogP contribution >= 0.6 is 11.6 Å². The molecule has 6 unspecified atom stereocenters. The molecule has 3 aliphatic heterocycles. The number of nitrogens with zero attached hydrogens (tertiary/aromatic N) is 2. The molecule has 5 fully saturated rings. The summed E-state index contributed by atoms with van der Waals surface area (Å²) in [5.74, 6) is -6.27. The predicted molar refractivity (Wildman–Crippen MR) is 303 cm³/mol. The zero-order valence-corrected chi connectivity index (χ0v) is 52.3. The van der Waals surface area contributed by atoms with E-state index in [1.54, 1.807) is 75.3 Å². The van der Waals surface area contributed by atoms with Gasteiger partial charge in [-0.25, -0.2) is 4.39 Å². The zero-order chi connectivity index (χ0) is 61.4. The van der Waals surface area contributed by atoms with Gasteiger partial charge in [-0.05, 0) is 136 Å². The quantitative estimate of drug-likeness (QED) is 0.0748. The van der Waals surface area contributed by atoms with Crippen LogP contribution < -0.4 is 5.32 Å². The molecule has 26 atom stereocenters. The third-order valence-corrected chi connectivity index (χ3v) is 22.5. The van der Waals surface area contributed by atoms with Crippen LogP contribution in [0.4, 0.5) is 4.39 Å². The summed E-state index contributed by atoms with van der Waals surface area (Å²) in [6, 6.07) is -1.18. The molecule has 7 rings (SSSR count). The summed E-state index contributed by atoms with van der Waals surface area (Å²) in [5, 5.41) is 88.7. The lowest BCUT2D eigenvalue weighted by molar-refractivity contribution is -0.318. The Morgan fingerprint density at radius 1 is 0.915 bits per heavy atom. The molecule has 8 N–H and O–H groups in total. The molecule has 0 bridgehead atoms.